The van der Waals surface area contributed by atoms with E-state index in [4.69, 9.17) is 9.78 Å². The molecule has 5 nitrogen and oxygen atoms in total. The second kappa shape index (κ2) is 6.93. The average molecular weight is 339 g/mol. The standard InChI is InChI=1S/C18H11F2N3O2/c19-13-4-5-15(16(20)7-13)17-8-14(23-25-17)10-22-18(24)12-3-1-2-11(6-12)9-21/h1-8H,10H2,(H,22,24). The monoisotopic (exact) mass is 339 g/mol. The van der Waals surface area contributed by atoms with Gasteiger partial charge in [0.25, 0.3) is 5.91 Å². The van der Waals surface area contributed by atoms with Gasteiger partial charge in [0.05, 0.1) is 23.7 Å². The normalized spacial score (nSPS) is 10.3. The zero-order valence-electron chi connectivity index (χ0n) is 12.8. The van der Waals surface area contributed by atoms with Crippen molar-refractivity contribution in [3.8, 4) is 17.4 Å². The smallest absolute Gasteiger partial charge is 0.251 e. The zero-order valence-corrected chi connectivity index (χ0v) is 12.8. The van der Waals surface area contributed by atoms with Gasteiger partial charge in [-0.15, -0.1) is 0 Å². The van der Waals surface area contributed by atoms with E-state index < -0.39 is 11.6 Å². The van der Waals surface area contributed by atoms with E-state index in [1.54, 1.807) is 18.2 Å². The van der Waals surface area contributed by atoms with Gasteiger partial charge in [-0.3, -0.25) is 4.79 Å². The van der Waals surface area contributed by atoms with Crippen molar-refractivity contribution in [1.29, 1.82) is 5.26 Å². The van der Waals surface area contributed by atoms with Gasteiger partial charge in [-0.1, -0.05) is 11.2 Å². The molecule has 0 saturated carbocycles. The van der Waals surface area contributed by atoms with Crippen LogP contribution < -0.4 is 5.32 Å². The number of rotatable bonds is 4. The van der Waals surface area contributed by atoms with Crippen LogP contribution in [0.15, 0.2) is 53.1 Å². The maximum absolute atomic E-state index is 13.7. The molecule has 0 spiro atoms. The highest BCUT2D eigenvalue weighted by Crippen LogP contribution is 2.24. The highest BCUT2D eigenvalue weighted by molar-refractivity contribution is 5.94. The first-order chi connectivity index (χ1) is 12.1. The predicted octanol–water partition coefficient (Wildman–Crippen LogP) is 3.42. The van der Waals surface area contributed by atoms with Gasteiger partial charge < -0.3 is 9.84 Å². The van der Waals surface area contributed by atoms with Crippen LogP contribution in [0, 0.1) is 23.0 Å². The Kier molecular flexibility index (Phi) is 4.53. The molecular weight excluding hydrogens is 328 g/mol. The number of benzene rings is 2. The molecule has 124 valence electrons. The fourth-order valence-corrected chi connectivity index (χ4v) is 2.21. The van der Waals surface area contributed by atoms with Crippen LogP contribution in [0.2, 0.25) is 0 Å². The first-order valence-corrected chi connectivity index (χ1v) is 7.26. The number of carbonyl (C=O) groups is 1. The summed E-state index contributed by atoms with van der Waals surface area (Å²) in [6.07, 6.45) is 0. The van der Waals surface area contributed by atoms with Crippen LogP contribution in [-0.4, -0.2) is 11.1 Å². The Morgan fingerprint density at radius 3 is 2.80 bits per heavy atom. The third kappa shape index (κ3) is 3.70. The minimum atomic E-state index is -0.764. The summed E-state index contributed by atoms with van der Waals surface area (Å²) in [6, 6.07) is 12.8. The van der Waals surface area contributed by atoms with E-state index in [1.165, 1.54) is 18.2 Å². The van der Waals surface area contributed by atoms with E-state index in [1.807, 2.05) is 6.07 Å². The summed E-state index contributed by atoms with van der Waals surface area (Å²) in [6.45, 7) is 0.0575. The summed E-state index contributed by atoms with van der Waals surface area (Å²) >= 11 is 0. The van der Waals surface area contributed by atoms with E-state index in [0.717, 1.165) is 12.1 Å². The molecule has 0 aliphatic carbocycles. The van der Waals surface area contributed by atoms with E-state index in [-0.39, 0.29) is 23.8 Å². The second-order valence-corrected chi connectivity index (χ2v) is 5.18. The molecule has 1 heterocycles. The van der Waals surface area contributed by atoms with Gasteiger partial charge >= 0.3 is 0 Å². The van der Waals surface area contributed by atoms with Gasteiger partial charge in [0.15, 0.2) is 5.76 Å². The highest BCUT2D eigenvalue weighted by Gasteiger charge is 2.13. The number of hydrogen-bond acceptors (Lipinski definition) is 4. The topological polar surface area (TPSA) is 78.9 Å². The van der Waals surface area contributed by atoms with Crippen molar-refractivity contribution in [2.45, 2.75) is 6.54 Å². The number of carbonyl (C=O) groups excluding carboxylic acids is 1. The minimum Gasteiger partial charge on any atom is -0.356 e. The quantitative estimate of drug-likeness (QED) is 0.790. The van der Waals surface area contributed by atoms with Crippen LogP contribution in [0.1, 0.15) is 21.6 Å². The maximum Gasteiger partial charge on any atom is 0.251 e. The fourth-order valence-electron chi connectivity index (χ4n) is 2.21. The predicted molar refractivity (Wildman–Crippen MR) is 84.2 cm³/mol. The van der Waals surface area contributed by atoms with Crippen LogP contribution in [-0.2, 0) is 6.54 Å². The lowest BCUT2D eigenvalue weighted by atomic mass is 10.1. The van der Waals surface area contributed by atoms with Crippen molar-refractivity contribution in [2.75, 3.05) is 0 Å². The van der Waals surface area contributed by atoms with Crippen molar-refractivity contribution in [3.05, 3.63) is 77.0 Å². The lowest BCUT2D eigenvalue weighted by Crippen LogP contribution is -2.22. The summed E-state index contributed by atoms with van der Waals surface area (Å²) in [4.78, 5) is 12.1. The zero-order chi connectivity index (χ0) is 17.8. The van der Waals surface area contributed by atoms with Crippen molar-refractivity contribution < 1.29 is 18.1 Å². The van der Waals surface area contributed by atoms with Crippen LogP contribution in [0.25, 0.3) is 11.3 Å². The number of hydrogen-bond donors (Lipinski definition) is 1. The van der Waals surface area contributed by atoms with Crippen molar-refractivity contribution in [3.63, 3.8) is 0 Å². The summed E-state index contributed by atoms with van der Waals surface area (Å²) < 4.78 is 31.7. The molecule has 3 aromatic rings. The Labute approximate surface area is 141 Å². The number of halogens is 2. The lowest BCUT2D eigenvalue weighted by Gasteiger charge is -2.02. The number of nitrogens with one attached hydrogen (secondary N) is 1. The van der Waals surface area contributed by atoms with Crippen molar-refractivity contribution in [1.82, 2.24) is 10.5 Å². The van der Waals surface area contributed by atoms with Crippen LogP contribution >= 0.6 is 0 Å². The third-order valence-electron chi connectivity index (χ3n) is 3.44. The summed E-state index contributed by atoms with van der Waals surface area (Å²) in [5.41, 5.74) is 1.17. The Morgan fingerprint density at radius 2 is 2.04 bits per heavy atom. The van der Waals surface area contributed by atoms with Crippen LogP contribution in [0.5, 0.6) is 0 Å². The molecule has 3 rings (SSSR count). The first kappa shape index (κ1) is 16.3. The van der Waals surface area contributed by atoms with Gasteiger partial charge in [0, 0.05) is 17.7 Å². The van der Waals surface area contributed by atoms with Crippen LogP contribution in [0.3, 0.4) is 0 Å². The Bertz CT molecular complexity index is 976. The minimum absolute atomic E-state index is 0.0575. The molecule has 0 aliphatic rings. The van der Waals surface area contributed by atoms with Gasteiger partial charge in [-0.05, 0) is 30.3 Å². The highest BCUT2D eigenvalue weighted by atomic mass is 19.1. The second-order valence-electron chi connectivity index (χ2n) is 5.18. The Morgan fingerprint density at radius 1 is 1.20 bits per heavy atom. The van der Waals surface area contributed by atoms with Gasteiger partial charge in [-0.2, -0.15) is 5.26 Å². The van der Waals surface area contributed by atoms with Crippen molar-refractivity contribution >= 4 is 5.91 Å². The molecule has 0 radical (unpaired) electrons. The van der Waals surface area contributed by atoms with Crippen LogP contribution in [0.4, 0.5) is 8.78 Å². The van der Waals surface area contributed by atoms with Gasteiger partial charge in [0.1, 0.15) is 17.3 Å². The fraction of sp³-hybridized carbons (Fsp3) is 0.0556. The molecular formula is C18H11F2N3O2. The number of nitrogens with zero attached hydrogens (tertiary/aromatic N) is 2. The van der Waals surface area contributed by atoms with Gasteiger partial charge in [0.2, 0.25) is 0 Å². The number of amides is 1. The van der Waals surface area contributed by atoms with E-state index in [2.05, 4.69) is 10.5 Å². The molecule has 0 bridgehead atoms. The number of nitriles is 1. The molecule has 2 aromatic carbocycles. The molecule has 25 heavy (non-hydrogen) atoms. The maximum atomic E-state index is 13.7. The van der Waals surface area contributed by atoms with E-state index >= 15 is 0 Å². The molecule has 0 atom stereocenters. The molecule has 0 saturated heterocycles. The Hall–Kier alpha value is -3.53. The molecule has 0 fully saturated rings. The molecule has 1 aromatic heterocycles. The molecule has 0 unspecified atom stereocenters. The first-order valence-electron chi connectivity index (χ1n) is 7.26. The summed E-state index contributed by atoms with van der Waals surface area (Å²) in [7, 11) is 0. The summed E-state index contributed by atoms with van der Waals surface area (Å²) in [5, 5.41) is 15.2. The van der Waals surface area contributed by atoms with Crippen molar-refractivity contribution in [2.24, 2.45) is 0 Å². The number of aromatic nitrogens is 1. The molecule has 1 amide bonds. The molecule has 1 N–H and O–H groups in total. The Balaban J connectivity index is 1.69. The molecule has 7 heteroatoms. The molecule has 0 aliphatic heterocycles. The van der Waals surface area contributed by atoms with E-state index in [0.29, 0.717) is 16.8 Å². The largest absolute Gasteiger partial charge is 0.356 e. The van der Waals surface area contributed by atoms with E-state index in [9.17, 15) is 13.6 Å². The third-order valence-corrected chi connectivity index (χ3v) is 3.44. The SMILES string of the molecule is N#Cc1cccc(C(=O)NCc2cc(-c3ccc(F)cc3F)on2)c1. The van der Waals surface area contributed by atoms with Gasteiger partial charge in [-0.25, -0.2) is 8.78 Å². The summed E-state index contributed by atoms with van der Waals surface area (Å²) in [5.74, 6) is -1.70. The lowest BCUT2D eigenvalue weighted by molar-refractivity contribution is 0.0950. The average Bonchev–Trinajstić information content (AvgIpc) is 3.08.